The number of aromatic amines is 2. The Bertz CT molecular complexity index is 3190. The van der Waals surface area contributed by atoms with Gasteiger partial charge in [0.25, 0.3) is 0 Å². The lowest BCUT2D eigenvalue weighted by molar-refractivity contribution is 0.112. The van der Waals surface area contributed by atoms with Gasteiger partial charge in [0.1, 0.15) is 6.29 Å². The molecule has 0 radical (unpaired) electrons. The molecular formula is C61H61IN4O. The van der Waals surface area contributed by atoms with Crippen LogP contribution >= 0.6 is 22.6 Å². The van der Waals surface area contributed by atoms with E-state index in [4.69, 9.17) is 9.97 Å². The fraction of sp³-hybridized carbons (Fsp3) is 0.262. The van der Waals surface area contributed by atoms with E-state index in [0.717, 1.165) is 95.6 Å². The van der Waals surface area contributed by atoms with Gasteiger partial charge < -0.3 is 9.97 Å². The summed E-state index contributed by atoms with van der Waals surface area (Å²) in [6, 6.07) is 39.5. The van der Waals surface area contributed by atoms with E-state index in [9.17, 15) is 4.79 Å². The van der Waals surface area contributed by atoms with Gasteiger partial charge in [-0.05, 0) is 149 Å². The number of aromatic nitrogens is 4. The van der Waals surface area contributed by atoms with Crippen molar-refractivity contribution in [2.24, 2.45) is 0 Å². The second kappa shape index (κ2) is 16.9. The number of fused-ring (bicyclic) bond motifs is 8. The number of rotatable bonds is 5. The first-order valence-corrected chi connectivity index (χ1v) is 24.4. The average molecular weight is 993 g/mol. The third-order valence-corrected chi connectivity index (χ3v) is 13.8. The molecular weight excluding hydrogens is 932 g/mol. The molecule has 5 nitrogen and oxygen atoms in total. The predicted octanol–water partition coefficient (Wildman–Crippen LogP) is 16.9. The zero-order chi connectivity index (χ0) is 47.8. The largest absolute Gasteiger partial charge is 0.354 e. The normalized spacial score (nSPS) is 13.1. The lowest BCUT2D eigenvalue weighted by Gasteiger charge is -2.26. The number of hydrogen-bond donors (Lipinski definition) is 2. The number of nitrogens with one attached hydrogen (secondary N) is 2. The van der Waals surface area contributed by atoms with Crippen LogP contribution in [0.15, 0.2) is 109 Å². The lowest BCUT2D eigenvalue weighted by Crippen LogP contribution is -2.16. The number of benzene rings is 4. The van der Waals surface area contributed by atoms with Crippen LogP contribution in [0.1, 0.15) is 138 Å². The third-order valence-electron chi connectivity index (χ3n) is 13.1. The van der Waals surface area contributed by atoms with E-state index < -0.39 is 0 Å². The fourth-order valence-electron chi connectivity index (χ4n) is 9.04. The van der Waals surface area contributed by atoms with Crippen molar-refractivity contribution in [2.45, 2.75) is 105 Å². The quantitative estimate of drug-likeness (QED) is 0.133. The van der Waals surface area contributed by atoms with Gasteiger partial charge in [-0.3, -0.25) is 4.79 Å². The molecule has 4 aromatic carbocycles. The second-order valence-corrected chi connectivity index (χ2v) is 23.6. The van der Waals surface area contributed by atoms with Gasteiger partial charge in [0.15, 0.2) is 0 Å². The van der Waals surface area contributed by atoms with Gasteiger partial charge in [0.05, 0.1) is 22.8 Å². The molecule has 338 valence electrons. The van der Waals surface area contributed by atoms with Crippen molar-refractivity contribution in [3.63, 3.8) is 0 Å². The van der Waals surface area contributed by atoms with Gasteiger partial charge in [-0.2, -0.15) is 0 Å². The Morgan fingerprint density at radius 2 is 0.672 bits per heavy atom. The number of carbonyl (C=O) groups is 1. The number of hydrogen-bond acceptors (Lipinski definition) is 3. The van der Waals surface area contributed by atoms with E-state index in [1.54, 1.807) is 0 Å². The summed E-state index contributed by atoms with van der Waals surface area (Å²) in [6.07, 6.45) is 9.54. The topological polar surface area (TPSA) is 74.4 Å². The first kappa shape index (κ1) is 46.0. The first-order chi connectivity index (χ1) is 31.5. The molecule has 2 aliphatic rings. The van der Waals surface area contributed by atoms with Crippen molar-refractivity contribution >= 4 is 75.2 Å². The number of H-pyrrole nitrogens is 2. The molecule has 5 heterocycles. The van der Waals surface area contributed by atoms with Crippen LogP contribution in [0, 0.1) is 3.57 Å². The van der Waals surface area contributed by atoms with Crippen molar-refractivity contribution in [1.82, 2.24) is 19.9 Å². The van der Waals surface area contributed by atoms with Gasteiger partial charge in [0, 0.05) is 53.5 Å². The van der Waals surface area contributed by atoms with E-state index >= 15 is 0 Å². The maximum Gasteiger partial charge on any atom is 0.150 e. The Morgan fingerprint density at radius 3 is 0.955 bits per heavy atom. The number of halogens is 1. The summed E-state index contributed by atoms with van der Waals surface area (Å²) in [6.45, 7) is 27.4. The number of aldehydes is 1. The molecule has 0 saturated heterocycles. The minimum absolute atomic E-state index is 0.0918. The molecule has 0 atom stereocenters. The molecule has 0 aliphatic carbocycles. The van der Waals surface area contributed by atoms with Crippen LogP contribution in [-0.4, -0.2) is 26.2 Å². The Morgan fingerprint density at radius 1 is 0.388 bits per heavy atom. The molecule has 8 bridgehead atoms. The van der Waals surface area contributed by atoms with Crippen LogP contribution in [0.4, 0.5) is 0 Å². The van der Waals surface area contributed by atoms with E-state index in [2.05, 4.69) is 225 Å². The number of nitrogens with zero attached hydrogens (tertiary/aromatic N) is 2. The highest BCUT2D eigenvalue weighted by Crippen LogP contribution is 2.42. The molecule has 0 unspecified atom stereocenters. The van der Waals surface area contributed by atoms with E-state index in [0.29, 0.717) is 5.56 Å². The molecule has 3 aromatic heterocycles. The van der Waals surface area contributed by atoms with Crippen LogP contribution in [0.2, 0.25) is 0 Å². The summed E-state index contributed by atoms with van der Waals surface area (Å²) in [5.74, 6) is 0. The van der Waals surface area contributed by atoms with Crippen LogP contribution in [0.5, 0.6) is 0 Å². The second-order valence-electron chi connectivity index (χ2n) is 22.3. The Balaban J connectivity index is 1.49. The molecule has 9 rings (SSSR count). The van der Waals surface area contributed by atoms with Crippen molar-refractivity contribution in [1.29, 1.82) is 0 Å². The highest BCUT2D eigenvalue weighted by atomic mass is 127. The van der Waals surface area contributed by atoms with Crippen LogP contribution in [0.25, 0.3) is 90.9 Å². The van der Waals surface area contributed by atoms with Crippen molar-refractivity contribution in [3.8, 4) is 44.5 Å². The van der Waals surface area contributed by atoms with Crippen LogP contribution in [-0.2, 0) is 21.7 Å². The summed E-state index contributed by atoms with van der Waals surface area (Å²) in [4.78, 5) is 31.0. The van der Waals surface area contributed by atoms with Crippen molar-refractivity contribution in [3.05, 3.63) is 163 Å². The SMILES string of the molecule is CC(C)(C)c1cc(-c2c3nc(c(-c4ccc(C=O)cc4)c4ccc([nH]4)c(-c4cc(C(C)(C)C)cc(C(C)(C)C)c4)c4nc(c(-c5ccc(I)cc5)c5ccc2[nH]5)C=C4)C=C3)cc(C(C)(C)C)c1. The standard InChI is InChI=1S/C61H61IN4O/c1-58(2,3)41-29-39(30-42(33-41)59(4,5)6)56-50-25-21-46(63-50)54(37-15-13-36(35-67)14-16-37)47-22-26-51(64-47)57(40-31-43(60(7,8)9)34-44(32-40)61(10,11)12)53-28-24-49(66-53)55(48-23-27-52(56)65-48)38-17-19-45(62)20-18-38/h13-35,63,66H,1-12H3. The van der Waals surface area contributed by atoms with Crippen LogP contribution in [0.3, 0.4) is 0 Å². The third kappa shape index (κ3) is 9.17. The molecule has 0 fully saturated rings. The molecule has 0 amide bonds. The summed E-state index contributed by atoms with van der Waals surface area (Å²) in [5.41, 5.74) is 20.8. The smallest absolute Gasteiger partial charge is 0.150 e. The van der Waals surface area contributed by atoms with E-state index in [1.165, 1.54) is 25.8 Å². The number of carbonyl (C=O) groups excluding carboxylic acids is 1. The van der Waals surface area contributed by atoms with Gasteiger partial charge in [-0.15, -0.1) is 0 Å². The van der Waals surface area contributed by atoms with E-state index in [-0.39, 0.29) is 21.7 Å². The van der Waals surface area contributed by atoms with Gasteiger partial charge in [-0.1, -0.05) is 156 Å². The summed E-state index contributed by atoms with van der Waals surface area (Å²) < 4.78 is 1.17. The molecule has 0 spiro atoms. The van der Waals surface area contributed by atoms with Gasteiger partial charge in [-0.25, -0.2) is 9.97 Å². The molecule has 6 heteroatoms. The fourth-order valence-corrected chi connectivity index (χ4v) is 9.40. The molecule has 2 aliphatic heterocycles. The molecule has 67 heavy (non-hydrogen) atoms. The highest BCUT2D eigenvalue weighted by molar-refractivity contribution is 14.1. The Kier molecular flexibility index (Phi) is 11.6. The van der Waals surface area contributed by atoms with E-state index in [1.807, 2.05) is 24.3 Å². The summed E-state index contributed by atoms with van der Waals surface area (Å²) in [5, 5.41) is 0. The Hall–Kier alpha value is -6.12. The maximum absolute atomic E-state index is 11.9. The minimum Gasteiger partial charge on any atom is -0.354 e. The molecule has 7 aromatic rings. The highest BCUT2D eigenvalue weighted by Gasteiger charge is 2.26. The molecule has 2 N–H and O–H groups in total. The zero-order valence-corrected chi connectivity index (χ0v) is 43.1. The van der Waals surface area contributed by atoms with Gasteiger partial charge >= 0.3 is 0 Å². The summed E-state index contributed by atoms with van der Waals surface area (Å²) >= 11 is 2.38. The maximum atomic E-state index is 11.9. The summed E-state index contributed by atoms with van der Waals surface area (Å²) in [7, 11) is 0. The van der Waals surface area contributed by atoms with Crippen molar-refractivity contribution in [2.75, 3.05) is 0 Å². The van der Waals surface area contributed by atoms with Crippen molar-refractivity contribution < 1.29 is 4.79 Å². The Labute approximate surface area is 410 Å². The molecule has 0 saturated carbocycles. The zero-order valence-electron chi connectivity index (χ0n) is 41.0. The average Bonchev–Trinajstić information content (AvgIpc) is 4.11. The minimum atomic E-state index is -0.0918. The van der Waals surface area contributed by atoms with Crippen LogP contribution < -0.4 is 0 Å². The monoisotopic (exact) mass is 992 g/mol. The lowest BCUT2D eigenvalue weighted by atomic mass is 9.78. The predicted molar refractivity (Wildman–Crippen MR) is 294 cm³/mol. The van der Waals surface area contributed by atoms with Gasteiger partial charge in [0.2, 0.25) is 0 Å². The first-order valence-electron chi connectivity index (χ1n) is 23.4.